The number of piperazine rings is 1. The van der Waals surface area contributed by atoms with Gasteiger partial charge in [-0.1, -0.05) is 24.3 Å². The molecule has 2 N–H and O–H groups in total. The molecule has 1 saturated heterocycles. The minimum absolute atomic E-state index is 0.377. The lowest BCUT2D eigenvalue weighted by molar-refractivity contribution is -0.192. The summed E-state index contributed by atoms with van der Waals surface area (Å²) in [6, 6.07) is 16.1. The van der Waals surface area contributed by atoms with Crippen molar-refractivity contribution in [3.63, 3.8) is 0 Å². The number of aliphatic carboxylic acids is 1. The topological polar surface area (TPSA) is 98.2 Å². The molecule has 0 atom stereocenters. The molecule has 6 rings (SSSR count). The van der Waals surface area contributed by atoms with E-state index >= 15 is 0 Å². The van der Waals surface area contributed by atoms with Crippen molar-refractivity contribution >= 4 is 34.2 Å². The number of benzene rings is 2. The summed E-state index contributed by atoms with van der Waals surface area (Å²) < 4.78 is 70.8. The maximum absolute atomic E-state index is 13.0. The fourth-order valence-electron chi connectivity index (χ4n) is 4.55. The Morgan fingerprint density at radius 2 is 1.59 bits per heavy atom. The van der Waals surface area contributed by atoms with Gasteiger partial charge in [-0.15, -0.1) is 11.3 Å². The van der Waals surface area contributed by atoms with Gasteiger partial charge in [-0.25, -0.2) is 14.8 Å². The summed E-state index contributed by atoms with van der Waals surface area (Å²) in [5.41, 5.74) is 2.56. The van der Waals surface area contributed by atoms with E-state index in [0.717, 1.165) is 66.0 Å². The molecule has 8 nitrogen and oxygen atoms in total. The molecule has 5 aromatic rings. The molecule has 1 fully saturated rings. The molecule has 2 aromatic carbocycles. The van der Waals surface area contributed by atoms with Crippen LogP contribution in [0.15, 0.2) is 73.2 Å². The predicted molar refractivity (Wildman–Crippen MR) is 153 cm³/mol. The highest BCUT2D eigenvalue weighted by Crippen LogP contribution is 2.36. The molecule has 4 heterocycles. The predicted octanol–water partition coefficient (Wildman–Crippen LogP) is 6.72. The van der Waals surface area contributed by atoms with Gasteiger partial charge < -0.3 is 15.0 Å². The molecule has 0 spiro atoms. The van der Waals surface area contributed by atoms with Crippen molar-refractivity contribution in [2.45, 2.75) is 18.9 Å². The fraction of sp³-hybridized carbons (Fsp3) is 0.241. The number of hydrogen-bond acceptors (Lipinski definition) is 7. The number of fused-ring (bicyclic) bond motifs is 1. The Morgan fingerprint density at radius 1 is 0.909 bits per heavy atom. The van der Waals surface area contributed by atoms with Gasteiger partial charge in [0.05, 0.1) is 27.7 Å². The Labute approximate surface area is 250 Å². The standard InChI is InChI=1S/C27H23F3N6S.C2HF3O2/c28-27(29,30)20-5-6-21-22(15-20)34-26(33-21)24-8-7-23(37-24)19-3-1-18(2-4-19)17-35-11-13-36(14-12-35)25-16-31-9-10-32-25;3-2(4,5)1(6)7/h1-10,15-16H,11-14,17H2,(H,33,34);(H,6,7). The number of carbonyl (C=O) groups is 1. The summed E-state index contributed by atoms with van der Waals surface area (Å²) in [7, 11) is 0. The number of carboxylic acid groups (broad SMARTS) is 1. The third-order valence-corrected chi connectivity index (χ3v) is 7.92. The van der Waals surface area contributed by atoms with Crippen LogP contribution in [0.4, 0.5) is 32.2 Å². The number of thiophene rings is 1. The van der Waals surface area contributed by atoms with Gasteiger partial charge >= 0.3 is 18.3 Å². The number of anilines is 1. The third kappa shape index (κ3) is 7.52. The monoisotopic (exact) mass is 634 g/mol. The second-order valence-electron chi connectivity index (χ2n) is 9.81. The maximum atomic E-state index is 13.0. The van der Waals surface area contributed by atoms with Gasteiger partial charge in [-0.05, 0) is 41.5 Å². The van der Waals surface area contributed by atoms with Gasteiger partial charge in [-0.3, -0.25) is 9.88 Å². The zero-order valence-electron chi connectivity index (χ0n) is 22.7. The number of hydrogen-bond donors (Lipinski definition) is 2. The summed E-state index contributed by atoms with van der Waals surface area (Å²) in [6.45, 7) is 4.68. The molecule has 0 bridgehead atoms. The van der Waals surface area contributed by atoms with Crippen molar-refractivity contribution in [1.82, 2.24) is 24.8 Å². The Balaban J connectivity index is 0.000000493. The first kappa shape index (κ1) is 30.9. The van der Waals surface area contributed by atoms with Crippen molar-refractivity contribution in [1.29, 1.82) is 0 Å². The Hall–Kier alpha value is -4.50. The molecule has 0 amide bonds. The van der Waals surface area contributed by atoms with Crippen LogP contribution in [0.2, 0.25) is 0 Å². The van der Waals surface area contributed by atoms with E-state index < -0.39 is 23.9 Å². The number of aromatic amines is 1. The lowest BCUT2D eigenvalue weighted by Gasteiger charge is -2.35. The molecule has 0 radical (unpaired) electrons. The van der Waals surface area contributed by atoms with E-state index in [2.05, 4.69) is 54.0 Å². The highest BCUT2D eigenvalue weighted by atomic mass is 32.1. The minimum atomic E-state index is -5.08. The number of H-pyrrole nitrogens is 1. The van der Waals surface area contributed by atoms with Gasteiger partial charge in [0.2, 0.25) is 0 Å². The van der Waals surface area contributed by atoms with E-state index in [-0.39, 0.29) is 0 Å². The molecule has 44 heavy (non-hydrogen) atoms. The van der Waals surface area contributed by atoms with Gasteiger partial charge in [0, 0.05) is 50.0 Å². The zero-order valence-corrected chi connectivity index (χ0v) is 23.5. The number of nitrogens with one attached hydrogen (secondary N) is 1. The van der Waals surface area contributed by atoms with Gasteiger partial charge in [0.25, 0.3) is 0 Å². The van der Waals surface area contributed by atoms with Crippen LogP contribution in [0.5, 0.6) is 0 Å². The second kappa shape index (κ2) is 12.6. The van der Waals surface area contributed by atoms with Crippen molar-refractivity contribution in [2.75, 3.05) is 31.1 Å². The molecule has 1 aliphatic heterocycles. The number of rotatable bonds is 5. The van der Waals surface area contributed by atoms with E-state index in [9.17, 15) is 26.3 Å². The van der Waals surface area contributed by atoms with Crippen LogP contribution in [0, 0.1) is 0 Å². The molecule has 15 heteroatoms. The number of carboxylic acids is 1. The summed E-state index contributed by atoms with van der Waals surface area (Å²) >= 11 is 1.56. The Kier molecular flexibility index (Phi) is 8.87. The van der Waals surface area contributed by atoms with Crippen LogP contribution in [0.25, 0.3) is 32.2 Å². The third-order valence-electron chi connectivity index (χ3n) is 6.78. The number of halogens is 6. The van der Waals surface area contributed by atoms with Gasteiger partial charge in [0.1, 0.15) is 11.6 Å². The Morgan fingerprint density at radius 3 is 2.20 bits per heavy atom. The van der Waals surface area contributed by atoms with Crippen molar-refractivity contribution < 1.29 is 36.2 Å². The normalized spacial score (nSPS) is 14.4. The number of imidazole rings is 1. The van der Waals surface area contributed by atoms with Crippen LogP contribution in [-0.4, -0.2) is 68.3 Å². The average Bonchev–Trinajstić information content (AvgIpc) is 3.65. The highest BCUT2D eigenvalue weighted by molar-refractivity contribution is 7.18. The molecular weight excluding hydrogens is 610 g/mol. The maximum Gasteiger partial charge on any atom is 0.490 e. The highest BCUT2D eigenvalue weighted by Gasteiger charge is 2.38. The zero-order chi connectivity index (χ0) is 31.5. The van der Waals surface area contributed by atoms with E-state index in [1.54, 1.807) is 23.7 Å². The first-order chi connectivity index (χ1) is 20.9. The van der Waals surface area contributed by atoms with E-state index in [1.807, 2.05) is 18.3 Å². The Bertz CT molecular complexity index is 1710. The number of aromatic nitrogens is 4. The SMILES string of the molecule is FC(F)(F)c1ccc2nc(-c3ccc(-c4ccc(CN5CCN(c6cnccn6)CC5)cc4)s3)[nH]c2c1.O=C(O)C(F)(F)F. The smallest absolute Gasteiger partial charge is 0.475 e. The first-order valence-electron chi connectivity index (χ1n) is 13.2. The van der Waals surface area contributed by atoms with Gasteiger partial charge in [0.15, 0.2) is 0 Å². The van der Waals surface area contributed by atoms with Crippen LogP contribution in [-0.2, 0) is 17.5 Å². The minimum Gasteiger partial charge on any atom is -0.475 e. The molecular formula is C29H24F6N6O2S. The van der Waals surface area contributed by atoms with Crippen molar-refractivity contribution in [2.24, 2.45) is 0 Å². The summed E-state index contributed by atoms with van der Waals surface area (Å²) in [6.07, 6.45) is -4.24. The van der Waals surface area contributed by atoms with Gasteiger partial charge in [-0.2, -0.15) is 26.3 Å². The van der Waals surface area contributed by atoms with Crippen LogP contribution >= 0.6 is 11.3 Å². The first-order valence-corrected chi connectivity index (χ1v) is 14.0. The number of alkyl halides is 6. The van der Waals surface area contributed by atoms with Crippen molar-refractivity contribution in [3.05, 3.63) is 84.3 Å². The van der Waals surface area contributed by atoms with E-state index in [4.69, 9.17) is 9.90 Å². The fourth-order valence-corrected chi connectivity index (χ4v) is 5.50. The lowest BCUT2D eigenvalue weighted by Crippen LogP contribution is -2.46. The largest absolute Gasteiger partial charge is 0.490 e. The summed E-state index contributed by atoms with van der Waals surface area (Å²) in [5.74, 6) is -1.26. The number of nitrogens with zero attached hydrogens (tertiary/aromatic N) is 5. The second-order valence-corrected chi connectivity index (χ2v) is 10.9. The summed E-state index contributed by atoms with van der Waals surface area (Å²) in [4.78, 5) is 31.6. The molecule has 1 aliphatic rings. The molecule has 230 valence electrons. The molecule has 0 saturated carbocycles. The van der Waals surface area contributed by atoms with Crippen LogP contribution in [0.1, 0.15) is 11.1 Å². The van der Waals surface area contributed by atoms with Crippen molar-refractivity contribution in [3.8, 4) is 21.1 Å². The van der Waals surface area contributed by atoms with Crippen LogP contribution < -0.4 is 4.90 Å². The van der Waals surface area contributed by atoms with Crippen LogP contribution in [0.3, 0.4) is 0 Å². The molecule has 3 aromatic heterocycles. The van der Waals surface area contributed by atoms with E-state index in [1.165, 1.54) is 11.6 Å². The quantitative estimate of drug-likeness (QED) is 0.207. The van der Waals surface area contributed by atoms with E-state index in [0.29, 0.717) is 16.9 Å². The lowest BCUT2D eigenvalue weighted by atomic mass is 10.1. The summed E-state index contributed by atoms with van der Waals surface area (Å²) in [5, 5.41) is 7.12. The molecule has 0 aliphatic carbocycles. The average molecular weight is 635 g/mol. The molecule has 0 unspecified atom stereocenters.